The van der Waals surface area contributed by atoms with Gasteiger partial charge in [-0.15, -0.1) is 0 Å². The van der Waals surface area contributed by atoms with Crippen molar-refractivity contribution in [1.82, 2.24) is 4.90 Å². The van der Waals surface area contributed by atoms with E-state index in [-0.39, 0.29) is 11.4 Å². The van der Waals surface area contributed by atoms with Crippen LogP contribution in [0.5, 0.6) is 5.75 Å². The number of fused-ring (bicyclic) bond motifs is 1. The van der Waals surface area contributed by atoms with Gasteiger partial charge in [0.25, 0.3) is 5.91 Å². The Bertz CT molecular complexity index is 1190. The van der Waals surface area contributed by atoms with Gasteiger partial charge in [0.05, 0.1) is 6.61 Å². The second-order valence-electron chi connectivity index (χ2n) is 10.1. The zero-order valence-corrected chi connectivity index (χ0v) is 20.8. The molecule has 1 amide bonds. The second-order valence-corrected chi connectivity index (χ2v) is 10.1. The standard InChI is InChI=1S/C30H34N2O2/c1-21-6-10-23(11-7-21)24-12-15-28-26(18-24)19-25(16-17-34-28)29(33)31-27-13-8-22(9-14-27)20-32(5)30(2,3)4/h6-15,18-19H,16-17,20H2,1-5H3,(H,31,33). The van der Waals surface area contributed by atoms with E-state index < -0.39 is 0 Å². The van der Waals surface area contributed by atoms with E-state index in [1.165, 1.54) is 11.1 Å². The maximum Gasteiger partial charge on any atom is 0.251 e. The van der Waals surface area contributed by atoms with E-state index in [9.17, 15) is 4.79 Å². The predicted molar refractivity (Wildman–Crippen MR) is 141 cm³/mol. The average molecular weight is 455 g/mol. The second kappa shape index (κ2) is 9.86. The maximum atomic E-state index is 13.1. The summed E-state index contributed by atoms with van der Waals surface area (Å²) < 4.78 is 5.93. The fourth-order valence-corrected chi connectivity index (χ4v) is 3.84. The number of ether oxygens (including phenoxy) is 1. The number of carbonyl (C=O) groups is 1. The Labute approximate surface area is 203 Å². The molecule has 0 atom stereocenters. The molecule has 34 heavy (non-hydrogen) atoms. The normalized spacial score (nSPS) is 13.5. The zero-order valence-electron chi connectivity index (χ0n) is 20.8. The van der Waals surface area contributed by atoms with Crippen LogP contribution >= 0.6 is 0 Å². The minimum atomic E-state index is -0.0863. The van der Waals surface area contributed by atoms with E-state index in [1.807, 2.05) is 24.3 Å². The van der Waals surface area contributed by atoms with Crippen molar-refractivity contribution in [3.63, 3.8) is 0 Å². The van der Waals surface area contributed by atoms with Crippen molar-refractivity contribution in [1.29, 1.82) is 0 Å². The van der Waals surface area contributed by atoms with Gasteiger partial charge in [0.2, 0.25) is 0 Å². The molecule has 1 heterocycles. The molecular weight excluding hydrogens is 420 g/mol. The number of nitrogens with zero attached hydrogens (tertiary/aromatic N) is 1. The van der Waals surface area contributed by atoms with Crippen LogP contribution in [0, 0.1) is 6.92 Å². The Morgan fingerprint density at radius 3 is 2.32 bits per heavy atom. The van der Waals surface area contributed by atoms with Crippen LogP contribution in [-0.2, 0) is 11.3 Å². The number of aryl methyl sites for hydroxylation is 1. The van der Waals surface area contributed by atoms with E-state index in [4.69, 9.17) is 4.74 Å². The van der Waals surface area contributed by atoms with Crippen LogP contribution in [0.2, 0.25) is 0 Å². The van der Waals surface area contributed by atoms with Gasteiger partial charge < -0.3 is 10.1 Å². The lowest BCUT2D eigenvalue weighted by molar-refractivity contribution is -0.113. The van der Waals surface area contributed by atoms with Crippen LogP contribution in [-0.4, -0.2) is 30.0 Å². The molecule has 0 aromatic heterocycles. The highest BCUT2D eigenvalue weighted by Gasteiger charge is 2.18. The van der Waals surface area contributed by atoms with Gasteiger partial charge in [0, 0.05) is 35.3 Å². The first-order valence-corrected chi connectivity index (χ1v) is 11.8. The number of anilines is 1. The summed E-state index contributed by atoms with van der Waals surface area (Å²) in [5.74, 6) is 0.725. The summed E-state index contributed by atoms with van der Waals surface area (Å²) in [6.45, 7) is 10.0. The van der Waals surface area contributed by atoms with Crippen molar-refractivity contribution in [2.45, 2.75) is 46.2 Å². The van der Waals surface area contributed by atoms with Crippen LogP contribution < -0.4 is 10.1 Å². The van der Waals surface area contributed by atoms with Crippen molar-refractivity contribution in [2.75, 3.05) is 19.0 Å². The third-order valence-electron chi connectivity index (χ3n) is 6.42. The highest BCUT2D eigenvalue weighted by molar-refractivity contribution is 6.07. The third kappa shape index (κ3) is 5.75. The lowest BCUT2D eigenvalue weighted by Crippen LogP contribution is -2.37. The van der Waals surface area contributed by atoms with Gasteiger partial charge in [-0.2, -0.15) is 0 Å². The van der Waals surface area contributed by atoms with Gasteiger partial charge in [-0.1, -0.05) is 48.0 Å². The summed E-state index contributed by atoms with van der Waals surface area (Å²) in [7, 11) is 2.12. The first-order valence-electron chi connectivity index (χ1n) is 11.8. The lowest BCUT2D eigenvalue weighted by Gasteiger charge is -2.31. The molecule has 176 valence electrons. The number of benzene rings is 3. The highest BCUT2D eigenvalue weighted by Crippen LogP contribution is 2.31. The monoisotopic (exact) mass is 454 g/mol. The Hall–Kier alpha value is -3.37. The predicted octanol–water partition coefficient (Wildman–Crippen LogP) is 6.70. The molecule has 0 saturated heterocycles. The number of rotatable bonds is 5. The molecule has 1 N–H and O–H groups in total. The lowest BCUT2D eigenvalue weighted by atomic mass is 10.00. The first-order chi connectivity index (χ1) is 16.2. The Balaban J connectivity index is 1.49. The molecule has 4 nitrogen and oxygen atoms in total. The highest BCUT2D eigenvalue weighted by atomic mass is 16.5. The SMILES string of the molecule is Cc1ccc(-c2ccc3c(c2)C=C(C(=O)Nc2ccc(CN(C)C(C)(C)C)cc2)CCO3)cc1. The van der Waals surface area contributed by atoms with Gasteiger partial charge in [-0.05, 0) is 81.8 Å². The number of hydrogen-bond donors (Lipinski definition) is 1. The topological polar surface area (TPSA) is 41.6 Å². The first kappa shape index (κ1) is 23.8. The molecule has 0 spiro atoms. The molecule has 1 aliphatic heterocycles. The fourth-order valence-electron chi connectivity index (χ4n) is 3.84. The van der Waals surface area contributed by atoms with E-state index >= 15 is 0 Å². The smallest absolute Gasteiger partial charge is 0.251 e. The van der Waals surface area contributed by atoms with E-state index in [1.54, 1.807) is 0 Å². The van der Waals surface area contributed by atoms with E-state index in [0.29, 0.717) is 13.0 Å². The molecule has 3 aromatic carbocycles. The van der Waals surface area contributed by atoms with Crippen molar-refractivity contribution >= 4 is 17.7 Å². The molecule has 4 heteroatoms. The minimum absolute atomic E-state index is 0.0863. The van der Waals surface area contributed by atoms with Crippen LogP contribution in [0.3, 0.4) is 0 Å². The minimum Gasteiger partial charge on any atom is -0.493 e. The largest absolute Gasteiger partial charge is 0.493 e. The van der Waals surface area contributed by atoms with Gasteiger partial charge in [0.1, 0.15) is 5.75 Å². The van der Waals surface area contributed by atoms with Gasteiger partial charge in [-0.25, -0.2) is 0 Å². The summed E-state index contributed by atoms with van der Waals surface area (Å²) in [6, 6.07) is 22.7. The number of nitrogens with one attached hydrogen (secondary N) is 1. The van der Waals surface area contributed by atoms with Crippen molar-refractivity contribution < 1.29 is 9.53 Å². The Morgan fingerprint density at radius 1 is 0.971 bits per heavy atom. The molecule has 0 aliphatic carbocycles. The molecule has 0 saturated carbocycles. The maximum absolute atomic E-state index is 13.1. The van der Waals surface area contributed by atoms with E-state index in [0.717, 1.165) is 40.2 Å². The van der Waals surface area contributed by atoms with Gasteiger partial charge in [0.15, 0.2) is 0 Å². The molecule has 0 radical (unpaired) electrons. The summed E-state index contributed by atoms with van der Waals surface area (Å²) in [5, 5.41) is 3.06. The molecule has 0 unspecified atom stereocenters. The van der Waals surface area contributed by atoms with Crippen LogP contribution in [0.15, 0.2) is 72.3 Å². The van der Waals surface area contributed by atoms with Crippen molar-refractivity contribution in [2.24, 2.45) is 0 Å². The summed E-state index contributed by atoms with van der Waals surface area (Å²) >= 11 is 0. The van der Waals surface area contributed by atoms with E-state index in [2.05, 4.69) is 93.5 Å². The Kier molecular flexibility index (Phi) is 6.90. The average Bonchev–Trinajstić information content (AvgIpc) is 3.02. The van der Waals surface area contributed by atoms with Crippen molar-refractivity contribution in [3.05, 3.63) is 89.0 Å². The number of hydrogen-bond acceptors (Lipinski definition) is 3. The summed E-state index contributed by atoms with van der Waals surface area (Å²) in [6.07, 6.45) is 2.52. The quantitative estimate of drug-likeness (QED) is 0.467. The van der Waals surface area contributed by atoms with Crippen LogP contribution in [0.25, 0.3) is 17.2 Å². The molecule has 1 aliphatic rings. The molecule has 0 fully saturated rings. The van der Waals surface area contributed by atoms with Gasteiger partial charge >= 0.3 is 0 Å². The number of amides is 1. The van der Waals surface area contributed by atoms with Crippen molar-refractivity contribution in [3.8, 4) is 16.9 Å². The number of carbonyl (C=O) groups excluding carboxylic acids is 1. The molecular formula is C30H34N2O2. The molecule has 3 aromatic rings. The third-order valence-corrected chi connectivity index (χ3v) is 6.42. The van der Waals surface area contributed by atoms with Gasteiger partial charge in [-0.3, -0.25) is 9.69 Å². The molecule has 4 rings (SSSR count). The summed E-state index contributed by atoms with van der Waals surface area (Å²) in [5.41, 5.74) is 7.26. The van der Waals surface area contributed by atoms with Crippen LogP contribution in [0.1, 0.15) is 43.9 Å². The molecule has 0 bridgehead atoms. The Morgan fingerprint density at radius 2 is 1.65 bits per heavy atom. The summed E-state index contributed by atoms with van der Waals surface area (Å²) in [4.78, 5) is 15.4. The zero-order chi connectivity index (χ0) is 24.3. The van der Waals surface area contributed by atoms with Crippen LogP contribution in [0.4, 0.5) is 5.69 Å². The fraction of sp³-hybridized carbons (Fsp3) is 0.300.